The largest absolute Gasteiger partial charge is 0.481 e. The minimum Gasteiger partial charge on any atom is -0.481 e. The van der Waals surface area contributed by atoms with Crippen molar-refractivity contribution in [1.29, 1.82) is 0 Å². The van der Waals surface area contributed by atoms with E-state index in [2.05, 4.69) is 0 Å². The number of amides is 1. The number of rotatable bonds is 3. The minimum absolute atomic E-state index is 0.151. The number of aryl methyl sites for hydroxylation is 2. The lowest BCUT2D eigenvalue weighted by atomic mass is 9.98. The third-order valence-corrected chi connectivity index (χ3v) is 3.88. The van der Waals surface area contributed by atoms with Gasteiger partial charge in [0, 0.05) is 12.6 Å². The van der Waals surface area contributed by atoms with Crippen LogP contribution < -0.4 is 0 Å². The lowest BCUT2D eigenvalue weighted by Crippen LogP contribution is -2.44. The summed E-state index contributed by atoms with van der Waals surface area (Å²) in [5.41, 5.74) is 2.44. The second-order valence-corrected chi connectivity index (χ2v) is 5.23. The SMILES string of the molecule is Cc1cccc(C)c1C(=O)N(C)C1COCC1C(=O)O. The summed E-state index contributed by atoms with van der Waals surface area (Å²) in [6, 6.07) is 5.25. The molecule has 2 atom stereocenters. The number of aliphatic carboxylic acids is 1. The summed E-state index contributed by atoms with van der Waals surface area (Å²) in [4.78, 5) is 25.3. The maximum Gasteiger partial charge on any atom is 0.311 e. The summed E-state index contributed by atoms with van der Waals surface area (Å²) in [6.45, 7) is 4.19. The molecular weight excluding hydrogens is 258 g/mol. The number of carboxylic acid groups (broad SMARTS) is 1. The number of hydrogen-bond acceptors (Lipinski definition) is 3. The molecule has 1 N–H and O–H groups in total. The topological polar surface area (TPSA) is 66.8 Å². The smallest absolute Gasteiger partial charge is 0.311 e. The molecule has 1 amide bonds. The summed E-state index contributed by atoms with van der Waals surface area (Å²) < 4.78 is 5.22. The Morgan fingerprint density at radius 1 is 1.25 bits per heavy atom. The van der Waals surface area contributed by atoms with E-state index in [1.807, 2.05) is 32.0 Å². The maximum absolute atomic E-state index is 12.6. The zero-order chi connectivity index (χ0) is 14.9. The van der Waals surface area contributed by atoms with Gasteiger partial charge in [-0.2, -0.15) is 0 Å². The Morgan fingerprint density at radius 3 is 2.40 bits per heavy atom. The van der Waals surface area contributed by atoms with Gasteiger partial charge in [-0.05, 0) is 25.0 Å². The number of ether oxygens (including phenoxy) is 1. The highest BCUT2D eigenvalue weighted by molar-refractivity contribution is 5.97. The number of carbonyl (C=O) groups is 2. The molecule has 20 heavy (non-hydrogen) atoms. The first kappa shape index (κ1) is 14.5. The third-order valence-electron chi connectivity index (χ3n) is 3.88. The average molecular weight is 277 g/mol. The van der Waals surface area contributed by atoms with Crippen molar-refractivity contribution >= 4 is 11.9 Å². The van der Waals surface area contributed by atoms with E-state index >= 15 is 0 Å². The van der Waals surface area contributed by atoms with Crippen molar-refractivity contribution in [3.63, 3.8) is 0 Å². The summed E-state index contributed by atoms with van der Waals surface area (Å²) in [5, 5.41) is 9.18. The van der Waals surface area contributed by atoms with Crippen molar-refractivity contribution in [2.24, 2.45) is 5.92 Å². The van der Waals surface area contributed by atoms with E-state index < -0.39 is 17.9 Å². The number of hydrogen-bond donors (Lipinski definition) is 1. The first-order valence-corrected chi connectivity index (χ1v) is 6.57. The van der Waals surface area contributed by atoms with Crippen LogP contribution in [-0.2, 0) is 9.53 Å². The van der Waals surface area contributed by atoms with Gasteiger partial charge in [-0.25, -0.2) is 0 Å². The Labute approximate surface area is 118 Å². The number of carbonyl (C=O) groups excluding carboxylic acids is 1. The number of benzene rings is 1. The van der Waals surface area contributed by atoms with Crippen LogP contribution in [0.25, 0.3) is 0 Å². The van der Waals surface area contributed by atoms with Crippen LogP contribution in [-0.4, -0.2) is 48.2 Å². The zero-order valence-electron chi connectivity index (χ0n) is 11.9. The molecule has 1 aromatic rings. The molecule has 108 valence electrons. The number of carboxylic acids is 1. The lowest BCUT2D eigenvalue weighted by molar-refractivity contribution is -0.142. The Bertz CT molecular complexity index is 520. The highest BCUT2D eigenvalue weighted by atomic mass is 16.5. The zero-order valence-corrected chi connectivity index (χ0v) is 11.9. The molecular formula is C15H19NO4. The van der Waals surface area contributed by atoms with Crippen LogP contribution in [0.2, 0.25) is 0 Å². The number of likely N-dealkylation sites (N-methyl/N-ethyl adjacent to an activating group) is 1. The molecule has 0 aromatic heterocycles. The summed E-state index contributed by atoms with van der Waals surface area (Å²) in [6.07, 6.45) is 0. The van der Waals surface area contributed by atoms with Crippen LogP contribution >= 0.6 is 0 Å². The predicted octanol–water partition coefficient (Wildman–Crippen LogP) is 1.48. The maximum atomic E-state index is 12.6. The second-order valence-electron chi connectivity index (χ2n) is 5.23. The van der Waals surface area contributed by atoms with Gasteiger partial charge in [-0.3, -0.25) is 9.59 Å². The van der Waals surface area contributed by atoms with E-state index in [4.69, 9.17) is 4.74 Å². The van der Waals surface area contributed by atoms with Gasteiger partial charge in [-0.15, -0.1) is 0 Å². The fourth-order valence-corrected chi connectivity index (χ4v) is 2.64. The van der Waals surface area contributed by atoms with Crippen LogP contribution in [0.4, 0.5) is 0 Å². The van der Waals surface area contributed by atoms with Crippen molar-refractivity contribution in [1.82, 2.24) is 4.90 Å². The van der Waals surface area contributed by atoms with E-state index in [9.17, 15) is 14.7 Å². The summed E-state index contributed by atoms with van der Waals surface area (Å²) in [7, 11) is 1.64. The molecule has 0 aliphatic carbocycles. The summed E-state index contributed by atoms with van der Waals surface area (Å²) in [5.74, 6) is -1.73. The van der Waals surface area contributed by atoms with Crippen molar-refractivity contribution in [2.75, 3.05) is 20.3 Å². The quantitative estimate of drug-likeness (QED) is 0.908. The molecule has 5 heteroatoms. The van der Waals surface area contributed by atoms with Gasteiger partial charge < -0.3 is 14.7 Å². The normalized spacial score (nSPS) is 21.8. The number of nitrogens with zero attached hydrogens (tertiary/aromatic N) is 1. The van der Waals surface area contributed by atoms with Crippen LogP contribution in [0.1, 0.15) is 21.5 Å². The Balaban J connectivity index is 2.27. The van der Waals surface area contributed by atoms with E-state index in [1.54, 1.807) is 7.05 Å². The van der Waals surface area contributed by atoms with Crippen LogP contribution in [0.3, 0.4) is 0 Å². The molecule has 1 saturated heterocycles. The fraction of sp³-hybridized carbons (Fsp3) is 0.467. The minimum atomic E-state index is -0.923. The van der Waals surface area contributed by atoms with Gasteiger partial charge in [-0.1, -0.05) is 18.2 Å². The first-order chi connectivity index (χ1) is 9.43. The van der Waals surface area contributed by atoms with E-state index in [1.165, 1.54) is 4.90 Å². The van der Waals surface area contributed by atoms with Crippen molar-refractivity contribution in [3.8, 4) is 0 Å². The molecule has 0 spiro atoms. The molecule has 1 aliphatic rings. The molecule has 0 radical (unpaired) electrons. The van der Waals surface area contributed by atoms with Crippen LogP contribution in [0, 0.1) is 19.8 Å². The van der Waals surface area contributed by atoms with Gasteiger partial charge in [0.2, 0.25) is 0 Å². The van der Waals surface area contributed by atoms with Crippen LogP contribution in [0.15, 0.2) is 18.2 Å². The Kier molecular flexibility index (Phi) is 4.09. The van der Waals surface area contributed by atoms with Crippen LogP contribution in [0.5, 0.6) is 0 Å². The molecule has 0 saturated carbocycles. The highest BCUT2D eigenvalue weighted by Gasteiger charge is 2.39. The van der Waals surface area contributed by atoms with E-state index in [0.29, 0.717) is 5.56 Å². The van der Waals surface area contributed by atoms with Crippen molar-refractivity contribution < 1.29 is 19.4 Å². The van der Waals surface area contributed by atoms with Gasteiger partial charge >= 0.3 is 5.97 Å². The van der Waals surface area contributed by atoms with Gasteiger partial charge in [0.15, 0.2) is 0 Å². The average Bonchev–Trinajstić information content (AvgIpc) is 2.86. The third kappa shape index (κ3) is 2.54. The monoisotopic (exact) mass is 277 g/mol. The van der Waals surface area contributed by atoms with Crippen molar-refractivity contribution in [2.45, 2.75) is 19.9 Å². The van der Waals surface area contributed by atoms with Gasteiger partial charge in [0.1, 0.15) is 5.92 Å². The molecule has 2 rings (SSSR count). The van der Waals surface area contributed by atoms with E-state index in [-0.39, 0.29) is 19.1 Å². The molecule has 1 heterocycles. The second kappa shape index (κ2) is 5.63. The van der Waals surface area contributed by atoms with Crippen molar-refractivity contribution in [3.05, 3.63) is 34.9 Å². The first-order valence-electron chi connectivity index (χ1n) is 6.57. The Hall–Kier alpha value is -1.88. The predicted molar refractivity (Wildman–Crippen MR) is 73.7 cm³/mol. The molecule has 5 nitrogen and oxygen atoms in total. The molecule has 1 aliphatic heterocycles. The lowest BCUT2D eigenvalue weighted by Gasteiger charge is -2.27. The molecule has 0 bridgehead atoms. The fourth-order valence-electron chi connectivity index (χ4n) is 2.64. The molecule has 1 fully saturated rings. The summed E-state index contributed by atoms with van der Waals surface area (Å²) >= 11 is 0. The van der Waals surface area contributed by atoms with Gasteiger partial charge in [0.05, 0.1) is 19.3 Å². The standard InChI is InChI=1S/C15H19NO4/c1-9-5-4-6-10(2)13(9)14(17)16(3)12-8-20-7-11(12)15(18)19/h4-6,11-12H,7-8H2,1-3H3,(H,18,19). The van der Waals surface area contributed by atoms with E-state index in [0.717, 1.165) is 11.1 Å². The van der Waals surface area contributed by atoms with Gasteiger partial charge in [0.25, 0.3) is 5.91 Å². The molecule has 1 aromatic carbocycles. The molecule has 2 unspecified atom stereocenters. The highest BCUT2D eigenvalue weighted by Crippen LogP contribution is 2.23. The Morgan fingerprint density at radius 2 is 1.85 bits per heavy atom.